The highest BCUT2D eigenvalue weighted by Crippen LogP contribution is 2.21. The van der Waals surface area contributed by atoms with Crippen LogP contribution in [0.15, 0.2) is 40.8 Å². The molecule has 1 fully saturated rings. The van der Waals surface area contributed by atoms with Gasteiger partial charge in [0.2, 0.25) is 10.0 Å². The second-order valence-corrected chi connectivity index (χ2v) is 9.74. The van der Waals surface area contributed by atoms with E-state index in [0.717, 1.165) is 36.0 Å². The minimum absolute atomic E-state index is 0.0168. The molecule has 0 spiro atoms. The van der Waals surface area contributed by atoms with Crippen LogP contribution in [0.3, 0.4) is 0 Å². The molecule has 32 heavy (non-hydrogen) atoms. The van der Waals surface area contributed by atoms with Crippen molar-refractivity contribution in [2.45, 2.75) is 38.6 Å². The fraction of sp³-hybridized carbons (Fsp3) is 0.391. The van der Waals surface area contributed by atoms with Gasteiger partial charge in [-0.1, -0.05) is 13.0 Å². The van der Waals surface area contributed by atoms with Gasteiger partial charge in [0.05, 0.1) is 4.90 Å². The molecule has 1 aromatic heterocycles. The number of benzene rings is 1. The Bertz CT molecular complexity index is 1190. The highest BCUT2D eigenvalue weighted by Gasteiger charge is 2.31. The van der Waals surface area contributed by atoms with Crippen molar-refractivity contribution in [2.24, 2.45) is 0 Å². The van der Waals surface area contributed by atoms with Gasteiger partial charge < -0.3 is 9.47 Å². The van der Waals surface area contributed by atoms with Crippen molar-refractivity contribution >= 4 is 22.0 Å². The number of carbonyl (C=O) groups excluding carboxylic acids is 1. The van der Waals surface area contributed by atoms with Crippen molar-refractivity contribution in [3.05, 3.63) is 58.7 Å². The molecule has 3 rings (SSSR count). The van der Waals surface area contributed by atoms with Crippen molar-refractivity contribution in [1.82, 2.24) is 13.8 Å². The van der Waals surface area contributed by atoms with Gasteiger partial charge in [-0.05, 0) is 56.2 Å². The first-order valence-corrected chi connectivity index (χ1v) is 12.0. The molecule has 1 amide bonds. The molecule has 0 atom stereocenters. The summed E-state index contributed by atoms with van der Waals surface area (Å²) in [5.74, 6) is -1.04. The molecule has 0 radical (unpaired) electrons. The zero-order chi connectivity index (χ0) is 23.5. The Kier molecular flexibility index (Phi) is 7.16. The summed E-state index contributed by atoms with van der Waals surface area (Å²) in [6, 6.07) is 8.82. The molecule has 0 N–H and O–H groups in total. The van der Waals surface area contributed by atoms with Crippen LogP contribution < -0.4 is 0 Å². The molecule has 1 saturated heterocycles. The second kappa shape index (κ2) is 9.67. The molecule has 0 saturated carbocycles. The second-order valence-electron chi connectivity index (χ2n) is 7.80. The molecule has 0 bridgehead atoms. The van der Waals surface area contributed by atoms with Gasteiger partial charge in [-0.15, -0.1) is 0 Å². The quantitative estimate of drug-likeness (QED) is 0.492. The Hall–Kier alpha value is -2.96. The van der Waals surface area contributed by atoms with Crippen LogP contribution in [0.1, 0.15) is 30.3 Å². The number of hydrogen-bond acceptors (Lipinski definition) is 4. The van der Waals surface area contributed by atoms with E-state index in [2.05, 4.69) is 11.5 Å². The van der Waals surface area contributed by atoms with Crippen molar-refractivity contribution in [3.63, 3.8) is 0 Å². The molecule has 0 unspecified atom stereocenters. The number of nitriles is 1. The number of halogens is 1. The molecule has 1 aromatic carbocycles. The van der Waals surface area contributed by atoms with Crippen LogP contribution in [0.5, 0.6) is 0 Å². The summed E-state index contributed by atoms with van der Waals surface area (Å²) < 4.78 is 42.4. The van der Waals surface area contributed by atoms with Gasteiger partial charge in [0.1, 0.15) is 17.5 Å². The average Bonchev–Trinajstić information content (AvgIpc) is 3.04. The van der Waals surface area contributed by atoms with E-state index in [0.29, 0.717) is 0 Å². The van der Waals surface area contributed by atoms with Crippen LogP contribution in [-0.4, -0.2) is 54.3 Å². The van der Waals surface area contributed by atoms with Crippen molar-refractivity contribution < 1.29 is 17.6 Å². The third-order valence-electron chi connectivity index (χ3n) is 5.67. The van der Waals surface area contributed by atoms with Gasteiger partial charge in [0.15, 0.2) is 0 Å². The molecule has 7 nitrogen and oxygen atoms in total. The first-order valence-electron chi connectivity index (χ1n) is 10.5. The third kappa shape index (κ3) is 4.76. The molecule has 2 aromatic rings. The highest BCUT2D eigenvalue weighted by molar-refractivity contribution is 7.89. The maximum atomic E-state index is 13.5. The maximum absolute atomic E-state index is 13.5. The molecular weight excluding hydrogens is 431 g/mol. The van der Waals surface area contributed by atoms with E-state index in [9.17, 15) is 22.9 Å². The Balaban J connectivity index is 1.74. The van der Waals surface area contributed by atoms with E-state index in [1.165, 1.54) is 27.4 Å². The summed E-state index contributed by atoms with van der Waals surface area (Å²) in [4.78, 5) is 14.3. The van der Waals surface area contributed by atoms with Crippen LogP contribution in [0.4, 0.5) is 4.39 Å². The van der Waals surface area contributed by atoms with Crippen LogP contribution in [-0.2, 0) is 21.4 Å². The first-order chi connectivity index (χ1) is 15.2. The van der Waals surface area contributed by atoms with Gasteiger partial charge in [-0.2, -0.15) is 9.57 Å². The Morgan fingerprint density at radius 1 is 1.19 bits per heavy atom. The first kappa shape index (κ1) is 23.7. The van der Waals surface area contributed by atoms with Crippen LogP contribution in [0.2, 0.25) is 0 Å². The smallest absolute Gasteiger partial charge is 0.264 e. The lowest BCUT2D eigenvalue weighted by atomic mass is 10.1. The fourth-order valence-corrected chi connectivity index (χ4v) is 5.37. The van der Waals surface area contributed by atoms with Crippen molar-refractivity contribution in [3.8, 4) is 6.07 Å². The van der Waals surface area contributed by atoms with E-state index < -0.39 is 21.7 Å². The van der Waals surface area contributed by atoms with Gasteiger partial charge in [0.25, 0.3) is 5.91 Å². The Labute approximate surface area is 188 Å². The lowest BCUT2D eigenvalue weighted by molar-refractivity contribution is -0.127. The SMILES string of the molecule is CCCn1c(C)cc(C=C(C#N)C(=O)N2CCN(S(=O)(=O)c3cccc(F)c3)CC2)c1C. The monoisotopic (exact) mass is 458 g/mol. The van der Waals surface area contributed by atoms with E-state index in [4.69, 9.17) is 0 Å². The predicted molar refractivity (Wildman–Crippen MR) is 120 cm³/mol. The Morgan fingerprint density at radius 2 is 1.88 bits per heavy atom. The number of aromatic nitrogens is 1. The van der Waals surface area contributed by atoms with Crippen LogP contribution >= 0.6 is 0 Å². The fourth-order valence-electron chi connectivity index (χ4n) is 3.92. The van der Waals surface area contributed by atoms with Gasteiger partial charge in [-0.3, -0.25) is 4.79 Å². The molecule has 2 heterocycles. The summed E-state index contributed by atoms with van der Waals surface area (Å²) >= 11 is 0. The molecule has 170 valence electrons. The number of nitrogens with zero attached hydrogens (tertiary/aromatic N) is 4. The number of sulfonamides is 1. The summed E-state index contributed by atoms with van der Waals surface area (Å²) in [7, 11) is -3.85. The number of hydrogen-bond donors (Lipinski definition) is 0. The van der Waals surface area contributed by atoms with Gasteiger partial charge >= 0.3 is 0 Å². The molecule has 0 aliphatic carbocycles. The topological polar surface area (TPSA) is 86.4 Å². The largest absolute Gasteiger partial charge is 0.349 e. The van der Waals surface area contributed by atoms with Crippen LogP contribution in [0, 0.1) is 31.0 Å². The summed E-state index contributed by atoms with van der Waals surface area (Å²) in [5, 5.41) is 9.60. The Morgan fingerprint density at radius 3 is 2.47 bits per heavy atom. The van der Waals surface area contributed by atoms with E-state index >= 15 is 0 Å². The van der Waals surface area contributed by atoms with E-state index in [1.807, 2.05) is 26.0 Å². The maximum Gasteiger partial charge on any atom is 0.264 e. The van der Waals surface area contributed by atoms with Crippen molar-refractivity contribution in [1.29, 1.82) is 5.26 Å². The number of piperazine rings is 1. The molecule has 1 aliphatic heterocycles. The zero-order valence-electron chi connectivity index (χ0n) is 18.5. The minimum Gasteiger partial charge on any atom is -0.349 e. The van der Waals surface area contributed by atoms with Crippen LogP contribution in [0.25, 0.3) is 6.08 Å². The zero-order valence-corrected chi connectivity index (χ0v) is 19.3. The number of amides is 1. The van der Waals surface area contributed by atoms with Gasteiger partial charge in [0, 0.05) is 44.1 Å². The third-order valence-corrected chi connectivity index (χ3v) is 7.57. The summed E-state index contributed by atoms with van der Waals surface area (Å²) in [5.41, 5.74) is 2.91. The van der Waals surface area contributed by atoms with Crippen molar-refractivity contribution in [2.75, 3.05) is 26.2 Å². The number of rotatable bonds is 6. The minimum atomic E-state index is -3.85. The molecule has 1 aliphatic rings. The lowest BCUT2D eigenvalue weighted by Crippen LogP contribution is -2.50. The highest BCUT2D eigenvalue weighted by atomic mass is 32.2. The predicted octanol–water partition coefficient (Wildman–Crippen LogP) is 3.09. The lowest BCUT2D eigenvalue weighted by Gasteiger charge is -2.33. The van der Waals surface area contributed by atoms with E-state index in [-0.39, 0.29) is 36.6 Å². The number of aryl methyl sites for hydroxylation is 1. The molecule has 9 heteroatoms. The average molecular weight is 459 g/mol. The standard InChI is InChI=1S/C23H27FN4O3S/c1-4-8-28-17(2)13-19(18(28)3)14-20(16-25)23(29)26-9-11-27(12-10-26)32(30,31)22-7-5-6-21(24)15-22/h5-7,13-15H,4,8-12H2,1-3H3. The summed E-state index contributed by atoms with van der Waals surface area (Å²) in [6.07, 6.45) is 2.58. The summed E-state index contributed by atoms with van der Waals surface area (Å²) in [6.45, 7) is 7.37. The van der Waals surface area contributed by atoms with Gasteiger partial charge in [-0.25, -0.2) is 12.8 Å². The normalized spacial score (nSPS) is 15.6. The number of carbonyl (C=O) groups is 1. The van der Waals surface area contributed by atoms with E-state index in [1.54, 1.807) is 6.08 Å². The molecular formula is C23H27FN4O3S.